The van der Waals surface area contributed by atoms with Crippen LogP contribution in [-0.4, -0.2) is 11.6 Å². The molecule has 0 fully saturated rings. The van der Waals surface area contributed by atoms with Crippen molar-refractivity contribution in [1.82, 2.24) is 4.98 Å². The molecular weight excluding hydrogens is 274 g/mol. The lowest BCUT2D eigenvalue weighted by Crippen LogP contribution is -2.08. The second-order valence-electron chi connectivity index (χ2n) is 6.32. The van der Waals surface area contributed by atoms with Gasteiger partial charge in [0, 0.05) is 17.3 Å². The SMILES string of the molecule is Cc1cc2c(cc1OCCCC(C)C)COc1cnccc1-2. The van der Waals surface area contributed by atoms with E-state index in [0.717, 1.165) is 36.0 Å². The Kier molecular flexibility index (Phi) is 4.32. The highest BCUT2D eigenvalue weighted by atomic mass is 16.5. The van der Waals surface area contributed by atoms with Gasteiger partial charge in [-0.15, -0.1) is 0 Å². The van der Waals surface area contributed by atoms with Crippen LogP contribution in [0, 0.1) is 12.8 Å². The zero-order valence-electron chi connectivity index (χ0n) is 13.6. The molecule has 0 bridgehead atoms. The van der Waals surface area contributed by atoms with Crippen molar-refractivity contribution in [2.75, 3.05) is 6.61 Å². The molecule has 0 radical (unpaired) electrons. The van der Waals surface area contributed by atoms with Gasteiger partial charge in [-0.2, -0.15) is 0 Å². The van der Waals surface area contributed by atoms with Gasteiger partial charge in [0.1, 0.15) is 18.1 Å². The lowest BCUT2D eigenvalue weighted by Gasteiger charge is -2.22. The fourth-order valence-electron chi connectivity index (χ4n) is 2.80. The first-order valence-corrected chi connectivity index (χ1v) is 7.98. The summed E-state index contributed by atoms with van der Waals surface area (Å²) in [6, 6.07) is 6.34. The highest BCUT2D eigenvalue weighted by Gasteiger charge is 2.19. The number of pyridine rings is 1. The van der Waals surface area contributed by atoms with Crippen LogP contribution in [0.3, 0.4) is 0 Å². The minimum absolute atomic E-state index is 0.580. The van der Waals surface area contributed by atoms with Crippen molar-refractivity contribution < 1.29 is 9.47 Å². The van der Waals surface area contributed by atoms with Crippen LogP contribution in [0.4, 0.5) is 0 Å². The van der Waals surface area contributed by atoms with E-state index in [-0.39, 0.29) is 0 Å². The van der Waals surface area contributed by atoms with Crippen molar-refractivity contribution in [3.8, 4) is 22.6 Å². The molecule has 3 rings (SSSR count). The summed E-state index contributed by atoms with van der Waals surface area (Å²) in [7, 11) is 0. The van der Waals surface area contributed by atoms with E-state index in [2.05, 4.69) is 37.9 Å². The van der Waals surface area contributed by atoms with E-state index in [1.165, 1.54) is 23.1 Å². The fraction of sp³-hybridized carbons (Fsp3) is 0.421. The number of aromatic nitrogens is 1. The predicted octanol–water partition coefficient (Wildman–Crippen LogP) is 4.76. The fourth-order valence-corrected chi connectivity index (χ4v) is 2.80. The van der Waals surface area contributed by atoms with E-state index in [4.69, 9.17) is 9.47 Å². The molecule has 0 N–H and O–H groups in total. The second kappa shape index (κ2) is 6.39. The molecule has 1 aliphatic rings. The lowest BCUT2D eigenvalue weighted by molar-refractivity contribution is 0.288. The normalized spacial score (nSPS) is 12.5. The molecule has 0 spiro atoms. The molecule has 1 aliphatic heterocycles. The smallest absolute Gasteiger partial charge is 0.145 e. The summed E-state index contributed by atoms with van der Waals surface area (Å²) in [5, 5.41) is 0. The monoisotopic (exact) mass is 297 g/mol. The van der Waals surface area contributed by atoms with Crippen molar-refractivity contribution >= 4 is 0 Å². The molecule has 116 valence electrons. The molecule has 0 saturated carbocycles. The van der Waals surface area contributed by atoms with Crippen LogP contribution in [0.15, 0.2) is 30.6 Å². The van der Waals surface area contributed by atoms with Crippen LogP contribution in [0.25, 0.3) is 11.1 Å². The maximum Gasteiger partial charge on any atom is 0.145 e. The van der Waals surface area contributed by atoms with Gasteiger partial charge >= 0.3 is 0 Å². The van der Waals surface area contributed by atoms with Crippen molar-refractivity contribution in [2.24, 2.45) is 5.92 Å². The van der Waals surface area contributed by atoms with E-state index in [1.54, 1.807) is 6.20 Å². The molecule has 0 aliphatic carbocycles. The molecule has 0 saturated heterocycles. The number of fused-ring (bicyclic) bond motifs is 3. The molecule has 1 aromatic heterocycles. The van der Waals surface area contributed by atoms with Crippen molar-refractivity contribution in [3.05, 3.63) is 41.7 Å². The van der Waals surface area contributed by atoms with E-state index in [1.807, 2.05) is 12.3 Å². The van der Waals surface area contributed by atoms with Crippen LogP contribution in [0.5, 0.6) is 11.5 Å². The van der Waals surface area contributed by atoms with Crippen LogP contribution in [0.2, 0.25) is 0 Å². The predicted molar refractivity (Wildman–Crippen MR) is 88.3 cm³/mol. The molecule has 3 nitrogen and oxygen atoms in total. The molecule has 2 heterocycles. The molecular formula is C19H23NO2. The number of aryl methyl sites for hydroxylation is 1. The van der Waals surface area contributed by atoms with Crippen LogP contribution < -0.4 is 9.47 Å². The average molecular weight is 297 g/mol. The Bertz CT molecular complexity index is 664. The molecule has 1 aromatic carbocycles. The molecule has 0 unspecified atom stereocenters. The second-order valence-corrected chi connectivity index (χ2v) is 6.32. The quantitative estimate of drug-likeness (QED) is 0.745. The van der Waals surface area contributed by atoms with Crippen molar-refractivity contribution in [3.63, 3.8) is 0 Å². The van der Waals surface area contributed by atoms with Gasteiger partial charge in [0.15, 0.2) is 0 Å². The van der Waals surface area contributed by atoms with Gasteiger partial charge in [-0.05, 0) is 55.0 Å². The van der Waals surface area contributed by atoms with Crippen molar-refractivity contribution in [2.45, 2.75) is 40.2 Å². The summed E-state index contributed by atoms with van der Waals surface area (Å²) >= 11 is 0. The number of benzene rings is 1. The molecule has 2 aromatic rings. The Balaban J connectivity index is 1.80. The Hall–Kier alpha value is -2.03. The van der Waals surface area contributed by atoms with Gasteiger partial charge in [-0.25, -0.2) is 0 Å². The van der Waals surface area contributed by atoms with E-state index in [9.17, 15) is 0 Å². The molecule has 0 amide bonds. The topological polar surface area (TPSA) is 31.4 Å². The summed E-state index contributed by atoms with van der Waals surface area (Å²) < 4.78 is 11.8. The lowest BCUT2D eigenvalue weighted by atomic mass is 9.95. The summed E-state index contributed by atoms with van der Waals surface area (Å²) in [5.41, 5.74) is 4.71. The largest absolute Gasteiger partial charge is 0.493 e. The van der Waals surface area contributed by atoms with Gasteiger partial charge in [0.2, 0.25) is 0 Å². The maximum absolute atomic E-state index is 5.97. The van der Waals surface area contributed by atoms with Crippen molar-refractivity contribution in [1.29, 1.82) is 0 Å². The van der Waals surface area contributed by atoms with E-state index < -0.39 is 0 Å². The maximum atomic E-state index is 5.97. The minimum Gasteiger partial charge on any atom is -0.493 e. The summed E-state index contributed by atoms with van der Waals surface area (Å²) in [4.78, 5) is 4.13. The Morgan fingerprint density at radius 3 is 2.95 bits per heavy atom. The Labute approximate surface area is 132 Å². The molecule has 0 atom stereocenters. The number of hydrogen-bond donors (Lipinski definition) is 0. The molecule has 22 heavy (non-hydrogen) atoms. The Morgan fingerprint density at radius 1 is 1.27 bits per heavy atom. The van der Waals surface area contributed by atoms with Gasteiger partial charge < -0.3 is 9.47 Å². The third kappa shape index (κ3) is 3.08. The van der Waals surface area contributed by atoms with Gasteiger partial charge in [-0.3, -0.25) is 4.98 Å². The van der Waals surface area contributed by atoms with Crippen LogP contribution in [-0.2, 0) is 6.61 Å². The first-order valence-electron chi connectivity index (χ1n) is 7.98. The summed E-state index contributed by atoms with van der Waals surface area (Å²) in [6.07, 6.45) is 5.89. The number of nitrogens with zero attached hydrogens (tertiary/aromatic N) is 1. The Morgan fingerprint density at radius 2 is 2.14 bits per heavy atom. The third-order valence-corrected chi connectivity index (χ3v) is 4.04. The van der Waals surface area contributed by atoms with E-state index >= 15 is 0 Å². The standard InChI is InChI=1S/C19H23NO2/c1-13(2)5-4-8-21-18-10-15-12-22-19-11-20-7-6-16(19)17(15)9-14(18)3/h6-7,9-11,13H,4-5,8,12H2,1-3H3. The highest BCUT2D eigenvalue weighted by molar-refractivity contribution is 5.76. The zero-order chi connectivity index (χ0) is 15.5. The van der Waals surface area contributed by atoms with Crippen LogP contribution >= 0.6 is 0 Å². The summed E-state index contributed by atoms with van der Waals surface area (Å²) in [6.45, 7) is 7.95. The van der Waals surface area contributed by atoms with E-state index in [0.29, 0.717) is 6.61 Å². The summed E-state index contributed by atoms with van der Waals surface area (Å²) in [5.74, 6) is 2.57. The van der Waals surface area contributed by atoms with Crippen LogP contribution in [0.1, 0.15) is 37.8 Å². The number of ether oxygens (including phenoxy) is 2. The minimum atomic E-state index is 0.580. The van der Waals surface area contributed by atoms with Gasteiger partial charge in [0.25, 0.3) is 0 Å². The number of rotatable bonds is 5. The average Bonchev–Trinajstić information content (AvgIpc) is 2.51. The first kappa shape index (κ1) is 14.9. The number of hydrogen-bond acceptors (Lipinski definition) is 3. The highest BCUT2D eigenvalue weighted by Crippen LogP contribution is 2.39. The first-order chi connectivity index (χ1) is 10.6. The molecule has 3 heteroatoms. The van der Waals surface area contributed by atoms with Gasteiger partial charge in [0.05, 0.1) is 12.8 Å². The van der Waals surface area contributed by atoms with Gasteiger partial charge in [-0.1, -0.05) is 13.8 Å². The third-order valence-electron chi connectivity index (χ3n) is 4.04. The zero-order valence-corrected chi connectivity index (χ0v) is 13.6.